The van der Waals surface area contributed by atoms with Gasteiger partial charge in [-0.15, -0.1) is 0 Å². The molecule has 0 bridgehead atoms. The van der Waals surface area contributed by atoms with Crippen molar-refractivity contribution in [2.24, 2.45) is 0 Å². The molecule has 0 saturated carbocycles. The maximum atomic E-state index is 12.0. The van der Waals surface area contributed by atoms with E-state index in [1.54, 1.807) is 0 Å². The van der Waals surface area contributed by atoms with Crippen molar-refractivity contribution in [3.8, 4) is 5.75 Å². The minimum absolute atomic E-state index is 0.0782. The molecule has 1 N–H and O–H groups in total. The summed E-state index contributed by atoms with van der Waals surface area (Å²) in [6.45, 7) is 7.35. The Morgan fingerprint density at radius 1 is 1.24 bits per heavy atom. The lowest BCUT2D eigenvalue weighted by Crippen LogP contribution is -2.51. The fourth-order valence-corrected chi connectivity index (χ4v) is 2.40. The van der Waals surface area contributed by atoms with Gasteiger partial charge in [0.25, 0.3) is 0 Å². The van der Waals surface area contributed by atoms with Crippen LogP contribution in [0, 0.1) is 13.8 Å². The van der Waals surface area contributed by atoms with Crippen LogP contribution < -0.4 is 10.1 Å². The number of hydrogen-bond acceptors (Lipinski definition) is 3. The number of amides is 2. The Bertz CT molecular complexity index is 491. The molecule has 1 aromatic carbocycles. The van der Waals surface area contributed by atoms with Crippen LogP contribution in [0.2, 0.25) is 5.02 Å². The number of piperazine rings is 1. The van der Waals surface area contributed by atoms with Crippen LogP contribution in [-0.4, -0.2) is 55.8 Å². The molecule has 2 rings (SSSR count). The molecule has 5 nitrogen and oxygen atoms in total. The van der Waals surface area contributed by atoms with E-state index in [-0.39, 0.29) is 12.8 Å². The van der Waals surface area contributed by atoms with Gasteiger partial charge in [0.05, 0.1) is 0 Å². The summed E-state index contributed by atoms with van der Waals surface area (Å²) < 4.78 is 5.58. The van der Waals surface area contributed by atoms with E-state index in [0.717, 1.165) is 42.3 Å². The molecule has 1 aliphatic heterocycles. The Hall–Kier alpha value is -1.46. The zero-order valence-corrected chi connectivity index (χ0v) is 13.5. The molecule has 0 atom stereocenters. The Labute approximate surface area is 130 Å². The van der Waals surface area contributed by atoms with E-state index >= 15 is 0 Å². The number of halogens is 1. The Kier molecular flexibility index (Phi) is 5.31. The summed E-state index contributed by atoms with van der Waals surface area (Å²) in [4.78, 5) is 16.0. The third kappa shape index (κ3) is 4.25. The number of aryl methyl sites for hydroxylation is 2. The van der Waals surface area contributed by atoms with Gasteiger partial charge < -0.3 is 19.9 Å². The SMILES string of the molecule is Cc1cc(OCNC(=O)N2CCN(C)CC2)cc(C)c1Cl. The first-order valence-electron chi connectivity index (χ1n) is 7.08. The van der Waals surface area contributed by atoms with E-state index in [4.69, 9.17) is 16.3 Å². The molecule has 1 saturated heterocycles. The fourth-order valence-electron chi connectivity index (χ4n) is 2.29. The molecule has 0 unspecified atom stereocenters. The fraction of sp³-hybridized carbons (Fsp3) is 0.533. The van der Waals surface area contributed by atoms with Crippen LogP contribution in [0.3, 0.4) is 0 Å². The molecule has 1 aliphatic rings. The van der Waals surface area contributed by atoms with Crippen LogP contribution in [0.4, 0.5) is 4.79 Å². The van der Waals surface area contributed by atoms with Crippen LogP contribution in [0.15, 0.2) is 12.1 Å². The molecule has 21 heavy (non-hydrogen) atoms. The first-order chi connectivity index (χ1) is 9.97. The second-order valence-corrected chi connectivity index (χ2v) is 5.81. The van der Waals surface area contributed by atoms with Crippen molar-refractivity contribution >= 4 is 17.6 Å². The van der Waals surface area contributed by atoms with Crippen LogP contribution in [-0.2, 0) is 0 Å². The van der Waals surface area contributed by atoms with E-state index in [1.165, 1.54) is 0 Å². The Morgan fingerprint density at radius 2 is 1.81 bits per heavy atom. The molecule has 1 aromatic rings. The minimum Gasteiger partial charge on any atom is -0.473 e. The van der Waals surface area contributed by atoms with Gasteiger partial charge in [-0.1, -0.05) is 11.6 Å². The molecule has 116 valence electrons. The zero-order valence-electron chi connectivity index (χ0n) is 12.8. The maximum Gasteiger partial charge on any atom is 0.320 e. The highest BCUT2D eigenvalue weighted by Crippen LogP contribution is 2.25. The second-order valence-electron chi connectivity index (χ2n) is 5.43. The predicted octanol–water partition coefficient (Wildman–Crippen LogP) is 2.25. The van der Waals surface area contributed by atoms with E-state index in [2.05, 4.69) is 17.3 Å². The summed E-state index contributed by atoms with van der Waals surface area (Å²) in [5, 5.41) is 3.54. The van der Waals surface area contributed by atoms with Crippen molar-refractivity contribution in [2.75, 3.05) is 40.0 Å². The molecule has 6 heteroatoms. The molecule has 2 amide bonds. The standard InChI is InChI=1S/C15H22ClN3O2/c1-11-8-13(9-12(2)14(11)16)21-10-17-15(20)19-6-4-18(3)5-7-19/h8-9H,4-7,10H2,1-3H3,(H,17,20). The largest absolute Gasteiger partial charge is 0.473 e. The molecule has 1 heterocycles. The van der Waals surface area contributed by atoms with Crippen LogP contribution >= 0.6 is 11.6 Å². The summed E-state index contributed by atoms with van der Waals surface area (Å²) in [6, 6.07) is 3.67. The number of ether oxygens (including phenoxy) is 1. The van der Waals surface area contributed by atoms with Crippen molar-refractivity contribution in [3.05, 3.63) is 28.3 Å². The third-order valence-electron chi connectivity index (χ3n) is 3.66. The molecular formula is C15H22ClN3O2. The van der Waals surface area contributed by atoms with Crippen molar-refractivity contribution in [3.63, 3.8) is 0 Å². The number of nitrogens with zero attached hydrogens (tertiary/aromatic N) is 2. The number of carbonyl (C=O) groups is 1. The average molecular weight is 312 g/mol. The van der Waals surface area contributed by atoms with Crippen LogP contribution in [0.5, 0.6) is 5.75 Å². The average Bonchev–Trinajstić information content (AvgIpc) is 2.45. The lowest BCUT2D eigenvalue weighted by Gasteiger charge is -2.32. The topological polar surface area (TPSA) is 44.8 Å². The van der Waals surface area contributed by atoms with Gasteiger partial charge in [-0.3, -0.25) is 0 Å². The monoisotopic (exact) mass is 311 g/mol. The van der Waals surface area contributed by atoms with Crippen molar-refractivity contribution < 1.29 is 9.53 Å². The second kappa shape index (κ2) is 7.00. The Morgan fingerprint density at radius 3 is 2.38 bits per heavy atom. The van der Waals surface area contributed by atoms with Crippen LogP contribution in [0.25, 0.3) is 0 Å². The van der Waals surface area contributed by atoms with Crippen molar-refractivity contribution in [2.45, 2.75) is 13.8 Å². The van der Waals surface area contributed by atoms with Gasteiger partial charge in [-0.2, -0.15) is 0 Å². The van der Waals surface area contributed by atoms with Gasteiger partial charge in [0.2, 0.25) is 0 Å². The number of carbonyl (C=O) groups excluding carboxylic acids is 1. The minimum atomic E-state index is -0.0782. The lowest BCUT2D eigenvalue weighted by molar-refractivity contribution is 0.147. The molecular weight excluding hydrogens is 290 g/mol. The highest BCUT2D eigenvalue weighted by Gasteiger charge is 2.18. The number of urea groups is 1. The predicted molar refractivity (Wildman–Crippen MR) is 84.0 cm³/mol. The highest BCUT2D eigenvalue weighted by atomic mass is 35.5. The zero-order chi connectivity index (χ0) is 15.4. The molecule has 0 spiro atoms. The highest BCUT2D eigenvalue weighted by molar-refractivity contribution is 6.32. The molecule has 0 aliphatic carbocycles. The molecule has 0 aromatic heterocycles. The lowest BCUT2D eigenvalue weighted by atomic mass is 10.1. The first-order valence-corrected chi connectivity index (χ1v) is 7.46. The summed E-state index contributed by atoms with van der Waals surface area (Å²) in [7, 11) is 2.06. The molecule has 1 fully saturated rings. The number of rotatable bonds is 3. The third-order valence-corrected chi connectivity index (χ3v) is 4.26. The van der Waals surface area contributed by atoms with E-state index in [1.807, 2.05) is 30.9 Å². The first kappa shape index (κ1) is 15.9. The quantitative estimate of drug-likeness (QED) is 0.871. The van der Waals surface area contributed by atoms with Gasteiger partial charge in [0.15, 0.2) is 6.73 Å². The number of nitrogens with one attached hydrogen (secondary N) is 1. The summed E-state index contributed by atoms with van der Waals surface area (Å²) in [6.07, 6.45) is 0. The van der Waals surface area contributed by atoms with Gasteiger partial charge in [-0.05, 0) is 44.2 Å². The number of likely N-dealkylation sites (N-methyl/N-ethyl adjacent to an activating group) is 1. The smallest absolute Gasteiger partial charge is 0.320 e. The summed E-state index contributed by atoms with van der Waals surface area (Å²) in [5.41, 5.74) is 1.94. The van der Waals surface area contributed by atoms with E-state index < -0.39 is 0 Å². The molecule has 0 radical (unpaired) electrons. The van der Waals surface area contributed by atoms with Gasteiger partial charge >= 0.3 is 6.03 Å². The maximum absolute atomic E-state index is 12.0. The van der Waals surface area contributed by atoms with Gasteiger partial charge in [0, 0.05) is 31.2 Å². The number of hydrogen-bond donors (Lipinski definition) is 1. The van der Waals surface area contributed by atoms with E-state index in [0.29, 0.717) is 5.75 Å². The summed E-state index contributed by atoms with van der Waals surface area (Å²) in [5.74, 6) is 0.716. The van der Waals surface area contributed by atoms with Crippen molar-refractivity contribution in [1.82, 2.24) is 15.1 Å². The summed E-state index contributed by atoms with van der Waals surface area (Å²) >= 11 is 6.11. The van der Waals surface area contributed by atoms with Crippen molar-refractivity contribution in [1.29, 1.82) is 0 Å². The normalized spacial score (nSPS) is 15.9. The van der Waals surface area contributed by atoms with Gasteiger partial charge in [-0.25, -0.2) is 4.79 Å². The number of benzene rings is 1. The van der Waals surface area contributed by atoms with Gasteiger partial charge in [0.1, 0.15) is 5.75 Å². The van der Waals surface area contributed by atoms with Crippen LogP contribution in [0.1, 0.15) is 11.1 Å². The van der Waals surface area contributed by atoms with E-state index in [9.17, 15) is 4.79 Å². The Balaban J connectivity index is 1.80.